The van der Waals surface area contributed by atoms with Gasteiger partial charge in [-0.05, 0) is 158 Å². The highest BCUT2D eigenvalue weighted by molar-refractivity contribution is 6.06. The lowest BCUT2D eigenvalue weighted by Gasteiger charge is -2.25. The summed E-state index contributed by atoms with van der Waals surface area (Å²) in [5, 5.41) is 0. The molecule has 12 aromatic carbocycles. The van der Waals surface area contributed by atoms with Gasteiger partial charge in [0, 0.05) is 0 Å². The van der Waals surface area contributed by atoms with Crippen LogP contribution in [0.4, 0.5) is 0 Å². The molecule has 0 bridgehead atoms. The Balaban J connectivity index is 1.00. The van der Waals surface area contributed by atoms with Crippen molar-refractivity contribution in [2.24, 2.45) is 0 Å². The Hall–Kier alpha value is -9.36. The van der Waals surface area contributed by atoms with Crippen molar-refractivity contribution >= 4 is 0 Å². The van der Waals surface area contributed by atoms with Crippen LogP contribution in [-0.2, 0) is 0 Å². The second-order valence-corrected chi connectivity index (χ2v) is 18.8. The van der Waals surface area contributed by atoms with Crippen LogP contribution < -0.4 is 0 Å². The second kappa shape index (κ2) is 18.5. The lowest BCUT2D eigenvalue weighted by molar-refractivity contribution is 1.50. The largest absolute Gasteiger partial charge is 0.0622 e. The minimum absolute atomic E-state index is 1.18. The molecule has 1 aliphatic carbocycles. The number of rotatable bonds is 8. The molecule has 0 heteroatoms. The summed E-state index contributed by atoms with van der Waals surface area (Å²) in [4.78, 5) is 0. The number of benzene rings is 12. The molecule has 0 nitrogen and oxygen atoms in total. The minimum Gasteiger partial charge on any atom is -0.0622 e. The molecule has 0 heterocycles. The van der Waals surface area contributed by atoms with Crippen LogP contribution in [0.1, 0.15) is 0 Å². The monoisotopic (exact) mass is 912 g/mol. The maximum absolute atomic E-state index is 2.43. The number of fused-ring (bicyclic) bond motifs is 8. The van der Waals surface area contributed by atoms with E-state index in [2.05, 4.69) is 291 Å². The van der Waals surface area contributed by atoms with Crippen molar-refractivity contribution in [3.8, 4) is 134 Å². The molecule has 0 unspecified atom stereocenters. The van der Waals surface area contributed by atoms with Gasteiger partial charge < -0.3 is 0 Å². The average molecular weight is 913 g/mol. The van der Waals surface area contributed by atoms with Crippen molar-refractivity contribution in [3.63, 3.8) is 0 Å². The Bertz CT molecular complexity index is 3350. The summed E-state index contributed by atoms with van der Waals surface area (Å²) < 4.78 is 0. The van der Waals surface area contributed by atoms with Crippen LogP contribution in [0.3, 0.4) is 0 Å². The predicted octanol–water partition coefficient (Wildman–Crippen LogP) is 20.0. The van der Waals surface area contributed by atoms with Gasteiger partial charge in [0.1, 0.15) is 0 Å². The van der Waals surface area contributed by atoms with E-state index in [9.17, 15) is 0 Å². The first kappa shape index (κ1) is 42.7. The Morgan fingerprint density at radius 2 is 0.236 bits per heavy atom. The zero-order valence-electron chi connectivity index (χ0n) is 39.7. The van der Waals surface area contributed by atoms with E-state index in [0.29, 0.717) is 0 Å². The Labute approximate surface area is 422 Å². The highest BCUT2D eigenvalue weighted by Crippen LogP contribution is 2.51. The topological polar surface area (TPSA) is 0 Å². The highest BCUT2D eigenvalue weighted by Gasteiger charge is 2.25. The Kier molecular flexibility index (Phi) is 11.0. The maximum atomic E-state index is 2.43. The van der Waals surface area contributed by atoms with E-state index in [1.54, 1.807) is 0 Å². The standard InChI is InChI=1S/C72H48/c1-5-13-49(14-6-1)53-21-29-57(30-22-53)61-37-41-65-66-42-38-63(59-33-25-55(26-34-59)51-17-9-3-10-18-51)47-71(66)72-48-64(60-35-27-56(28-36-60)52-19-11-4-12-20-52)40-44-68(72)67-43-39-62(46-70(67)69(65)45-61)58-31-23-54(24-32-58)50-15-7-2-8-16-50/h1-48H. The molecule has 0 spiro atoms. The van der Waals surface area contributed by atoms with Crippen LogP contribution in [0.25, 0.3) is 134 Å². The first-order valence-corrected chi connectivity index (χ1v) is 24.9. The Morgan fingerprint density at radius 3 is 0.417 bits per heavy atom. The first-order chi connectivity index (χ1) is 35.7. The molecule has 0 amide bonds. The first-order valence-electron chi connectivity index (χ1n) is 24.9. The molecule has 0 radical (unpaired) electrons. The quantitative estimate of drug-likeness (QED) is 0.142. The molecule has 0 atom stereocenters. The molecule has 72 heavy (non-hydrogen) atoms. The van der Waals surface area contributed by atoms with Gasteiger partial charge in [-0.3, -0.25) is 0 Å². The summed E-state index contributed by atoms with van der Waals surface area (Å²) in [6.45, 7) is 0. The molecule has 0 aliphatic heterocycles. The summed E-state index contributed by atoms with van der Waals surface area (Å²) in [6.07, 6.45) is 0. The summed E-state index contributed by atoms with van der Waals surface area (Å²) in [5.41, 5.74) is 28.9. The van der Waals surface area contributed by atoms with Gasteiger partial charge in [0.25, 0.3) is 0 Å². The molecule has 13 rings (SSSR count). The fourth-order valence-electron chi connectivity index (χ4n) is 10.7. The zero-order valence-corrected chi connectivity index (χ0v) is 39.7. The fraction of sp³-hybridized carbons (Fsp3) is 0. The van der Waals surface area contributed by atoms with Crippen LogP contribution in [0.15, 0.2) is 291 Å². The van der Waals surface area contributed by atoms with Crippen LogP contribution in [0.5, 0.6) is 0 Å². The molecule has 0 saturated heterocycles. The molecule has 0 N–H and O–H groups in total. The van der Waals surface area contributed by atoms with Crippen LogP contribution in [0.2, 0.25) is 0 Å². The Morgan fingerprint density at radius 1 is 0.0972 bits per heavy atom. The SMILES string of the molecule is c1ccc(-c2ccc(-c3ccc4c(c3)-c3cc(-c5ccc(-c6ccccc6)cc5)ccc3-c3ccc(-c5ccc(-c6ccccc6)cc5)cc3-c3cc(-c5ccc(-c6ccccc6)cc5)ccc3-4)cc2)cc1. The zero-order chi connectivity index (χ0) is 47.8. The van der Waals surface area contributed by atoms with Gasteiger partial charge in [0.05, 0.1) is 0 Å². The van der Waals surface area contributed by atoms with Gasteiger partial charge in [0.15, 0.2) is 0 Å². The molecule has 336 valence electrons. The van der Waals surface area contributed by atoms with Gasteiger partial charge in [-0.25, -0.2) is 0 Å². The molecular weight excluding hydrogens is 865 g/mol. The summed E-state index contributed by atoms with van der Waals surface area (Å²) in [5.74, 6) is 0. The summed E-state index contributed by atoms with van der Waals surface area (Å²) >= 11 is 0. The summed E-state index contributed by atoms with van der Waals surface area (Å²) in [6, 6.07) is 107. The predicted molar refractivity (Wildman–Crippen MR) is 305 cm³/mol. The molecule has 0 saturated carbocycles. The van der Waals surface area contributed by atoms with E-state index < -0.39 is 0 Å². The van der Waals surface area contributed by atoms with E-state index in [0.717, 1.165) is 0 Å². The third-order valence-electron chi connectivity index (χ3n) is 14.5. The van der Waals surface area contributed by atoms with Crippen molar-refractivity contribution in [1.82, 2.24) is 0 Å². The van der Waals surface area contributed by atoms with Crippen LogP contribution in [-0.4, -0.2) is 0 Å². The second-order valence-electron chi connectivity index (χ2n) is 18.8. The van der Waals surface area contributed by atoms with Crippen molar-refractivity contribution in [2.75, 3.05) is 0 Å². The van der Waals surface area contributed by atoms with E-state index in [1.165, 1.54) is 134 Å². The van der Waals surface area contributed by atoms with Gasteiger partial charge in [-0.15, -0.1) is 0 Å². The average Bonchev–Trinajstić information content (AvgIpc) is 3.47. The van der Waals surface area contributed by atoms with E-state index in [-0.39, 0.29) is 0 Å². The van der Waals surface area contributed by atoms with Gasteiger partial charge >= 0.3 is 0 Å². The van der Waals surface area contributed by atoms with Crippen molar-refractivity contribution in [3.05, 3.63) is 291 Å². The lowest BCUT2D eigenvalue weighted by atomic mass is 9.78. The highest BCUT2D eigenvalue weighted by atomic mass is 14.3. The maximum Gasteiger partial charge on any atom is -0.00926 e. The fourth-order valence-corrected chi connectivity index (χ4v) is 10.7. The van der Waals surface area contributed by atoms with Crippen LogP contribution in [0, 0.1) is 0 Å². The third-order valence-corrected chi connectivity index (χ3v) is 14.5. The number of hydrogen-bond donors (Lipinski definition) is 0. The lowest BCUT2D eigenvalue weighted by Crippen LogP contribution is -1.99. The van der Waals surface area contributed by atoms with E-state index >= 15 is 0 Å². The number of hydrogen-bond acceptors (Lipinski definition) is 0. The van der Waals surface area contributed by atoms with Gasteiger partial charge in [0.2, 0.25) is 0 Å². The van der Waals surface area contributed by atoms with Crippen molar-refractivity contribution < 1.29 is 0 Å². The van der Waals surface area contributed by atoms with Crippen molar-refractivity contribution in [2.45, 2.75) is 0 Å². The van der Waals surface area contributed by atoms with E-state index in [4.69, 9.17) is 0 Å². The van der Waals surface area contributed by atoms with Gasteiger partial charge in [-0.2, -0.15) is 0 Å². The molecular formula is C72H48. The third kappa shape index (κ3) is 8.15. The molecule has 0 aromatic heterocycles. The molecule has 0 fully saturated rings. The molecule has 12 aromatic rings. The molecule has 1 aliphatic rings. The smallest absolute Gasteiger partial charge is 0.00926 e. The normalized spacial score (nSPS) is 11.3. The minimum atomic E-state index is 1.18. The summed E-state index contributed by atoms with van der Waals surface area (Å²) in [7, 11) is 0. The van der Waals surface area contributed by atoms with E-state index in [1.807, 2.05) is 0 Å². The van der Waals surface area contributed by atoms with Crippen LogP contribution >= 0.6 is 0 Å². The van der Waals surface area contributed by atoms with Crippen molar-refractivity contribution in [1.29, 1.82) is 0 Å². The van der Waals surface area contributed by atoms with Gasteiger partial charge in [-0.1, -0.05) is 267 Å².